The molecule has 0 bridgehead atoms. The van der Waals surface area contributed by atoms with Gasteiger partial charge in [0.15, 0.2) is 12.6 Å². The van der Waals surface area contributed by atoms with Crippen LogP contribution in [0, 0.1) is 0 Å². The van der Waals surface area contributed by atoms with E-state index in [2.05, 4.69) is 10.6 Å². The molecule has 236 valence electrons. The number of benzene rings is 2. The zero-order valence-corrected chi connectivity index (χ0v) is 24.0. The molecule has 10 atom stereocenters. The van der Waals surface area contributed by atoms with E-state index in [1.165, 1.54) is 13.8 Å². The maximum atomic E-state index is 12.2. The molecule has 2 amide bonds. The van der Waals surface area contributed by atoms with Gasteiger partial charge in [0.05, 0.1) is 26.4 Å². The molecule has 0 saturated carbocycles. The average molecular weight is 605 g/mol. The molecular weight excluding hydrogens is 564 g/mol. The first-order chi connectivity index (χ1) is 20.7. The van der Waals surface area contributed by atoms with Crippen LogP contribution in [0.2, 0.25) is 0 Å². The van der Waals surface area contributed by atoms with Crippen molar-refractivity contribution in [2.45, 2.75) is 88.3 Å². The van der Waals surface area contributed by atoms with E-state index in [0.717, 1.165) is 11.1 Å². The zero-order valence-electron chi connectivity index (χ0n) is 24.0. The number of hydrogen-bond acceptors (Lipinski definition) is 11. The van der Waals surface area contributed by atoms with Crippen molar-refractivity contribution in [2.75, 3.05) is 13.2 Å². The Labute approximate surface area is 249 Å². The minimum Gasteiger partial charge on any atom is -0.394 e. The maximum absolute atomic E-state index is 12.2. The topological polar surface area (TPSA) is 185 Å². The van der Waals surface area contributed by atoms with Crippen molar-refractivity contribution in [1.29, 1.82) is 0 Å². The van der Waals surface area contributed by atoms with Crippen molar-refractivity contribution >= 4 is 11.8 Å². The predicted octanol–water partition coefficient (Wildman–Crippen LogP) is -0.661. The molecule has 0 unspecified atom stereocenters. The van der Waals surface area contributed by atoms with E-state index >= 15 is 0 Å². The van der Waals surface area contributed by atoms with Crippen LogP contribution in [0.3, 0.4) is 0 Å². The van der Waals surface area contributed by atoms with Crippen molar-refractivity contribution in [2.24, 2.45) is 0 Å². The number of nitrogens with one attached hydrogen (secondary N) is 2. The van der Waals surface area contributed by atoms with Crippen LogP contribution in [-0.2, 0) is 46.5 Å². The Hall–Kier alpha value is -2.98. The summed E-state index contributed by atoms with van der Waals surface area (Å²) in [5.41, 5.74) is 1.71. The molecule has 13 heteroatoms. The summed E-state index contributed by atoms with van der Waals surface area (Å²) in [4.78, 5) is 24.2. The van der Waals surface area contributed by atoms with Gasteiger partial charge in [-0.25, -0.2) is 0 Å². The largest absolute Gasteiger partial charge is 0.394 e. The van der Waals surface area contributed by atoms with Gasteiger partial charge in [0, 0.05) is 13.8 Å². The van der Waals surface area contributed by atoms with Crippen LogP contribution in [0.4, 0.5) is 0 Å². The molecule has 13 nitrogen and oxygen atoms in total. The number of aliphatic hydroxyl groups is 4. The zero-order chi connectivity index (χ0) is 30.9. The van der Waals surface area contributed by atoms with Crippen molar-refractivity contribution in [3.05, 3.63) is 71.8 Å². The Morgan fingerprint density at radius 1 is 0.767 bits per heavy atom. The Balaban J connectivity index is 1.65. The first-order valence-corrected chi connectivity index (χ1v) is 14.1. The van der Waals surface area contributed by atoms with Gasteiger partial charge in [0.2, 0.25) is 11.8 Å². The van der Waals surface area contributed by atoms with Gasteiger partial charge >= 0.3 is 0 Å². The number of rotatable bonds is 12. The van der Waals surface area contributed by atoms with Crippen LogP contribution in [0.25, 0.3) is 0 Å². The van der Waals surface area contributed by atoms with Crippen molar-refractivity contribution < 1.29 is 53.7 Å². The number of carbonyl (C=O) groups excluding carboxylic acids is 2. The molecule has 4 rings (SSSR count). The fourth-order valence-electron chi connectivity index (χ4n) is 5.18. The van der Waals surface area contributed by atoms with Gasteiger partial charge in [-0.3, -0.25) is 9.59 Å². The van der Waals surface area contributed by atoms with Crippen LogP contribution in [0.1, 0.15) is 25.0 Å². The Morgan fingerprint density at radius 3 is 1.93 bits per heavy atom. The lowest BCUT2D eigenvalue weighted by atomic mass is 9.94. The molecule has 2 aliphatic heterocycles. The minimum atomic E-state index is -1.56. The summed E-state index contributed by atoms with van der Waals surface area (Å²) >= 11 is 0. The molecule has 0 aliphatic carbocycles. The summed E-state index contributed by atoms with van der Waals surface area (Å²) in [6.45, 7) is 2.09. The fraction of sp³-hybridized carbons (Fsp3) is 0.533. The summed E-state index contributed by atoms with van der Waals surface area (Å²) in [6.07, 6.45) is -10.4. The second kappa shape index (κ2) is 15.7. The number of hydrogen-bond donors (Lipinski definition) is 6. The van der Waals surface area contributed by atoms with Crippen molar-refractivity contribution in [3.63, 3.8) is 0 Å². The highest BCUT2D eigenvalue weighted by Gasteiger charge is 2.52. The summed E-state index contributed by atoms with van der Waals surface area (Å²) in [7, 11) is 0. The van der Waals surface area contributed by atoms with E-state index in [-0.39, 0.29) is 19.8 Å². The Kier molecular flexibility index (Phi) is 12.0. The summed E-state index contributed by atoms with van der Waals surface area (Å²) < 4.78 is 30.3. The minimum absolute atomic E-state index is 0.0764. The van der Waals surface area contributed by atoms with Gasteiger partial charge in [-0.15, -0.1) is 0 Å². The molecule has 0 spiro atoms. The molecule has 6 N–H and O–H groups in total. The molecule has 2 aromatic rings. The van der Waals surface area contributed by atoms with Gasteiger partial charge in [0.1, 0.15) is 48.7 Å². The van der Waals surface area contributed by atoms with E-state index in [1.54, 1.807) is 0 Å². The van der Waals surface area contributed by atoms with Crippen LogP contribution in [0.5, 0.6) is 0 Å². The molecule has 0 aromatic heterocycles. The molecule has 2 heterocycles. The van der Waals surface area contributed by atoms with Gasteiger partial charge in [-0.05, 0) is 11.1 Å². The Bertz CT molecular complexity index is 1160. The summed E-state index contributed by atoms with van der Waals surface area (Å²) in [6, 6.07) is 16.3. The lowest BCUT2D eigenvalue weighted by Gasteiger charge is -2.48. The van der Waals surface area contributed by atoms with Crippen LogP contribution in [0.15, 0.2) is 60.7 Å². The normalized spacial score (nSPS) is 32.6. The Morgan fingerprint density at radius 2 is 1.35 bits per heavy atom. The SMILES string of the molecule is CC(=O)N[C@@H]1[C@H](O[C@H]2[C@H](OCc3ccccc3)[C@H](NC(C)=O)[C@@H](O)O[C@@H]2COCc2ccccc2)O[C@H](CO)[C@@H](O)[C@@H]1O. The standard InChI is InChI=1S/C30H40N2O11/c1-17(34)31-23-26(37)25(36)21(13-33)42-30(23)43-27-22(16-39-14-19-9-5-3-6-10-19)41-29(38)24(32-18(2)35)28(27)40-15-20-11-7-4-8-12-20/h3-12,21-30,33,36-38H,13-16H2,1-2H3,(H,31,34)(H,32,35)/t21-,22-,23+,24+,25-,26-,27-,28-,29+,30+/m1/s1. The number of ether oxygens (including phenoxy) is 5. The molecule has 0 radical (unpaired) electrons. The quantitative estimate of drug-likeness (QED) is 0.181. The van der Waals surface area contributed by atoms with E-state index in [0.29, 0.717) is 0 Å². The molecule has 2 aliphatic rings. The fourth-order valence-corrected chi connectivity index (χ4v) is 5.18. The highest BCUT2D eigenvalue weighted by molar-refractivity contribution is 5.73. The number of aliphatic hydroxyl groups excluding tert-OH is 4. The lowest BCUT2D eigenvalue weighted by molar-refractivity contribution is -0.333. The van der Waals surface area contributed by atoms with E-state index < -0.39 is 79.7 Å². The summed E-state index contributed by atoms with van der Waals surface area (Å²) in [5, 5.41) is 47.3. The third kappa shape index (κ3) is 8.79. The lowest BCUT2D eigenvalue weighted by Crippen LogP contribution is -2.69. The van der Waals surface area contributed by atoms with Gasteiger partial charge in [0.25, 0.3) is 0 Å². The predicted molar refractivity (Wildman–Crippen MR) is 150 cm³/mol. The smallest absolute Gasteiger partial charge is 0.217 e. The maximum Gasteiger partial charge on any atom is 0.217 e. The van der Waals surface area contributed by atoms with Crippen LogP contribution in [-0.4, -0.2) is 107 Å². The van der Waals surface area contributed by atoms with Gasteiger partial charge in [-0.1, -0.05) is 60.7 Å². The van der Waals surface area contributed by atoms with Crippen LogP contribution >= 0.6 is 0 Å². The monoisotopic (exact) mass is 604 g/mol. The number of carbonyl (C=O) groups is 2. The molecule has 2 saturated heterocycles. The molecule has 43 heavy (non-hydrogen) atoms. The van der Waals surface area contributed by atoms with Crippen molar-refractivity contribution in [3.8, 4) is 0 Å². The highest BCUT2D eigenvalue weighted by atomic mass is 16.7. The molecule has 2 aromatic carbocycles. The second-order valence-electron chi connectivity index (χ2n) is 10.6. The van der Waals surface area contributed by atoms with E-state index in [4.69, 9.17) is 23.7 Å². The first kappa shape index (κ1) is 32.9. The third-order valence-corrected chi connectivity index (χ3v) is 7.26. The van der Waals surface area contributed by atoms with E-state index in [9.17, 15) is 30.0 Å². The molecular formula is C30H40N2O11. The van der Waals surface area contributed by atoms with E-state index in [1.807, 2.05) is 60.7 Å². The van der Waals surface area contributed by atoms with Crippen molar-refractivity contribution in [1.82, 2.24) is 10.6 Å². The summed E-state index contributed by atoms with van der Waals surface area (Å²) in [5.74, 6) is -0.982. The number of amides is 2. The van der Waals surface area contributed by atoms with Gasteiger partial charge in [-0.2, -0.15) is 0 Å². The average Bonchev–Trinajstić information content (AvgIpc) is 2.99. The third-order valence-electron chi connectivity index (χ3n) is 7.26. The second-order valence-corrected chi connectivity index (χ2v) is 10.6. The highest BCUT2D eigenvalue weighted by Crippen LogP contribution is 2.31. The molecule has 2 fully saturated rings. The van der Waals surface area contributed by atoms with Gasteiger partial charge < -0.3 is 54.7 Å². The van der Waals surface area contributed by atoms with Crippen LogP contribution < -0.4 is 10.6 Å². The first-order valence-electron chi connectivity index (χ1n) is 14.1.